The fourth-order valence-corrected chi connectivity index (χ4v) is 2.28. The summed E-state index contributed by atoms with van der Waals surface area (Å²) in [6.07, 6.45) is 0.970. The lowest BCUT2D eigenvalue weighted by Gasteiger charge is -1.99. The number of hydrogen-bond acceptors (Lipinski definition) is 5. The second-order valence-electron chi connectivity index (χ2n) is 3.37. The molecule has 0 atom stereocenters. The van der Waals surface area contributed by atoms with E-state index in [1.807, 2.05) is 12.1 Å². The van der Waals surface area contributed by atoms with Gasteiger partial charge in [0.1, 0.15) is 10.8 Å². The van der Waals surface area contributed by atoms with E-state index in [0.717, 1.165) is 29.3 Å². The van der Waals surface area contributed by atoms with Crippen LogP contribution >= 0.6 is 11.3 Å². The summed E-state index contributed by atoms with van der Waals surface area (Å²) in [6, 6.07) is 6.07. The van der Waals surface area contributed by atoms with Crippen LogP contribution in [0.15, 0.2) is 18.2 Å². The number of nitrogens with zero attached hydrogens (tertiary/aromatic N) is 2. The molecule has 0 saturated heterocycles. The predicted octanol–water partition coefficient (Wildman–Crippen LogP) is 1.72. The molecule has 5 heteroatoms. The summed E-state index contributed by atoms with van der Waals surface area (Å²) < 4.78 is 5.44. The molecule has 0 aliphatic carbocycles. The minimum Gasteiger partial charge on any atom is -0.493 e. The van der Waals surface area contributed by atoms with E-state index in [4.69, 9.17) is 10.5 Å². The molecule has 2 aromatic rings. The van der Waals surface area contributed by atoms with E-state index in [2.05, 4.69) is 16.3 Å². The molecule has 15 heavy (non-hydrogen) atoms. The van der Waals surface area contributed by atoms with Gasteiger partial charge in [-0.05, 0) is 23.8 Å². The summed E-state index contributed by atoms with van der Waals surface area (Å²) >= 11 is 1.40. The second-order valence-corrected chi connectivity index (χ2v) is 4.38. The minimum absolute atomic E-state index is 0.502. The molecule has 1 aromatic heterocycles. The summed E-state index contributed by atoms with van der Waals surface area (Å²) in [5.74, 6) is 0.983. The van der Waals surface area contributed by atoms with Crippen LogP contribution < -0.4 is 10.5 Å². The van der Waals surface area contributed by atoms with Gasteiger partial charge in [-0.2, -0.15) is 0 Å². The lowest BCUT2D eigenvalue weighted by Crippen LogP contribution is -1.85. The van der Waals surface area contributed by atoms with Crippen LogP contribution in [-0.2, 0) is 6.42 Å². The number of nitrogen functional groups attached to an aromatic ring is 1. The van der Waals surface area contributed by atoms with Crippen molar-refractivity contribution in [2.45, 2.75) is 6.42 Å². The van der Waals surface area contributed by atoms with Crippen molar-refractivity contribution >= 4 is 16.5 Å². The van der Waals surface area contributed by atoms with Crippen LogP contribution in [0.25, 0.3) is 10.6 Å². The monoisotopic (exact) mass is 219 g/mol. The van der Waals surface area contributed by atoms with E-state index in [-0.39, 0.29) is 0 Å². The fourth-order valence-electron chi connectivity index (χ4n) is 1.67. The van der Waals surface area contributed by atoms with E-state index in [0.29, 0.717) is 5.13 Å². The Bertz CT molecular complexity index is 509. The molecule has 3 rings (SSSR count). The molecule has 0 radical (unpaired) electrons. The molecule has 0 bridgehead atoms. The number of anilines is 1. The summed E-state index contributed by atoms with van der Waals surface area (Å²) in [5.41, 5.74) is 7.85. The highest BCUT2D eigenvalue weighted by Gasteiger charge is 2.13. The molecule has 0 amide bonds. The van der Waals surface area contributed by atoms with Gasteiger partial charge in [0, 0.05) is 12.0 Å². The maximum Gasteiger partial charge on any atom is 0.203 e. The molecule has 76 valence electrons. The second kappa shape index (κ2) is 3.20. The van der Waals surface area contributed by atoms with Crippen molar-refractivity contribution in [2.24, 2.45) is 0 Å². The highest BCUT2D eigenvalue weighted by atomic mass is 32.1. The predicted molar refractivity (Wildman–Crippen MR) is 59.0 cm³/mol. The summed E-state index contributed by atoms with van der Waals surface area (Å²) in [5, 5.41) is 9.18. The standard InChI is InChI=1S/C10H9N3OS/c11-10-13-12-9(15-10)7-1-2-8-6(5-7)3-4-14-8/h1-2,5H,3-4H2,(H2,11,13). The molecular weight excluding hydrogens is 210 g/mol. The molecule has 4 nitrogen and oxygen atoms in total. The van der Waals surface area contributed by atoms with Crippen molar-refractivity contribution in [3.05, 3.63) is 23.8 Å². The number of nitrogens with two attached hydrogens (primary N) is 1. The van der Waals surface area contributed by atoms with Crippen LogP contribution in [0.1, 0.15) is 5.56 Å². The van der Waals surface area contributed by atoms with Crippen LogP contribution in [0.3, 0.4) is 0 Å². The number of hydrogen-bond donors (Lipinski definition) is 1. The topological polar surface area (TPSA) is 61.0 Å². The lowest BCUT2D eigenvalue weighted by atomic mass is 10.1. The van der Waals surface area contributed by atoms with Crippen molar-refractivity contribution in [1.29, 1.82) is 0 Å². The lowest BCUT2D eigenvalue weighted by molar-refractivity contribution is 0.357. The van der Waals surface area contributed by atoms with E-state index in [1.165, 1.54) is 16.9 Å². The molecule has 0 unspecified atom stereocenters. The third-order valence-corrected chi connectivity index (χ3v) is 3.18. The van der Waals surface area contributed by atoms with Crippen molar-refractivity contribution in [3.8, 4) is 16.3 Å². The van der Waals surface area contributed by atoms with Gasteiger partial charge in [-0.25, -0.2) is 0 Å². The van der Waals surface area contributed by atoms with Crippen LogP contribution in [0.5, 0.6) is 5.75 Å². The van der Waals surface area contributed by atoms with Crippen molar-refractivity contribution in [2.75, 3.05) is 12.3 Å². The van der Waals surface area contributed by atoms with Gasteiger partial charge >= 0.3 is 0 Å². The van der Waals surface area contributed by atoms with E-state index >= 15 is 0 Å². The van der Waals surface area contributed by atoms with Gasteiger partial charge in [0.2, 0.25) is 5.13 Å². The minimum atomic E-state index is 0.502. The Balaban J connectivity index is 2.06. The molecule has 0 spiro atoms. The summed E-state index contributed by atoms with van der Waals surface area (Å²) in [6.45, 7) is 0.775. The van der Waals surface area contributed by atoms with Gasteiger partial charge < -0.3 is 10.5 Å². The molecule has 2 heterocycles. The third-order valence-electron chi connectivity index (χ3n) is 2.38. The van der Waals surface area contributed by atoms with Gasteiger partial charge in [-0.15, -0.1) is 10.2 Å². The Morgan fingerprint density at radius 3 is 3.07 bits per heavy atom. The highest BCUT2D eigenvalue weighted by molar-refractivity contribution is 7.18. The first-order valence-corrected chi connectivity index (χ1v) is 5.50. The number of fused-ring (bicyclic) bond motifs is 1. The molecular formula is C10H9N3OS. The van der Waals surface area contributed by atoms with Crippen molar-refractivity contribution in [1.82, 2.24) is 10.2 Å². The van der Waals surface area contributed by atoms with Crippen LogP contribution in [-0.4, -0.2) is 16.8 Å². The Hall–Kier alpha value is -1.62. The van der Waals surface area contributed by atoms with Crippen LogP contribution in [0, 0.1) is 0 Å². The Morgan fingerprint density at radius 1 is 1.33 bits per heavy atom. The number of aromatic nitrogens is 2. The summed E-state index contributed by atoms with van der Waals surface area (Å²) in [7, 11) is 0. The average Bonchev–Trinajstić information content (AvgIpc) is 2.84. The molecule has 1 aliphatic heterocycles. The van der Waals surface area contributed by atoms with Gasteiger partial charge in [0.15, 0.2) is 0 Å². The molecule has 0 fully saturated rings. The zero-order chi connectivity index (χ0) is 10.3. The normalized spacial score (nSPS) is 13.6. The van der Waals surface area contributed by atoms with Gasteiger partial charge in [0.05, 0.1) is 6.61 Å². The molecule has 2 N–H and O–H groups in total. The first kappa shape index (κ1) is 8.67. The number of benzene rings is 1. The Labute approximate surface area is 90.7 Å². The van der Waals surface area contributed by atoms with E-state index < -0.39 is 0 Å². The van der Waals surface area contributed by atoms with Gasteiger partial charge in [0.25, 0.3) is 0 Å². The molecule has 1 aromatic carbocycles. The number of ether oxygens (including phenoxy) is 1. The third kappa shape index (κ3) is 1.45. The fraction of sp³-hybridized carbons (Fsp3) is 0.200. The smallest absolute Gasteiger partial charge is 0.203 e. The molecule has 1 aliphatic rings. The largest absolute Gasteiger partial charge is 0.493 e. The first-order valence-electron chi connectivity index (χ1n) is 4.68. The molecule has 0 saturated carbocycles. The van der Waals surface area contributed by atoms with E-state index in [9.17, 15) is 0 Å². The van der Waals surface area contributed by atoms with Gasteiger partial charge in [-0.3, -0.25) is 0 Å². The Kier molecular flexibility index (Phi) is 1.85. The van der Waals surface area contributed by atoms with Gasteiger partial charge in [-0.1, -0.05) is 11.3 Å². The maximum absolute atomic E-state index is 5.55. The SMILES string of the molecule is Nc1nnc(-c2ccc3c(c2)CCO3)s1. The zero-order valence-electron chi connectivity index (χ0n) is 7.93. The van der Waals surface area contributed by atoms with Crippen molar-refractivity contribution in [3.63, 3.8) is 0 Å². The quantitative estimate of drug-likeness (QED) is 0.793. The van der Waals surface area contributed by atoms with Crippen LogP contribution in [0.2, 0.25) is 0 Å². The van der Waals surface area contributed by atoms with Crippen molar-refractivity contribution < 1.29 is 4.74 Å². The van der Waals surface area contributed by atoms with Crippen LogP contribution in [0.4, 0.5) is 5.13 Å². The summed E-state index contributed by atoms with van der Waals surface area (Å²) in [4.78, 5) is 0. The average molecular weight is 219 g/mol. The highest BCUT2D eigenvalue weighted by Crippen LogP contribution is 2.31. The maximum atomic E-state index is 5.55. The Morgan fingerprint density at radius 2 is 2.27 bits per heavy atom. The van der Waals surface area contributed by atoms with E-state index in [1.54, 1.807) is 0 Å². The number of rotatable bonds is 1. The zero-order valence-corrected chi connectivity index (χ0v) is 8.75. The first-order chi connectivity index (χ1) is 7.33.